The highest BCUT2D eigenvalue weighted by molar-refractivity contribution is 5.93. The van der Waals surface area contributed by atoms with Gasteiger partial charge >= 0.3 is 0 Å². The molecule has 162 valence electrons. The molecule has 9 nitrogen and oxygen atoms in total. The van der Waals surface area contributed by atoms with Gasteiger partial charge in [-0.1, -0.05) is 12.1 Å². The van der Waals surface area contributed by atoms with Crippen LogP contribution < -0.4 is 16.4 Å². The largest absolute Gasteiger partial charge is 0.366 e. The first-order valence-corrected chi connectivity index (χ1v) is 10.1. The number of benzene rings is 2. The number of nitrogens with one attached hydrogen (secondary N) is 2. The third kappa shape index (κ3) is 4.27. The zero-order valence-corrected chi connectivity index (χ0v) is 18.0. The first-order valence-electron chi connectivity index (χ1n) is 10.1. The molecule has 2 heterocycles. The zero-order chi connectivity index (χ0) is 22.8. The number of hydrogen-bond acceptors (Lipinski definition) is 6. The number of hydrogen-bond donors (Lipinski definition) is 3. The Hall–Kier alpha value is -4.27. The van der Waals surface area contributed by atoms with Crippen LogP contribution in [0, 0.1) is 0 Å². The summed E-state index contributed by atoms with van der Waals surface area (Å²) < 4.78 is 1.98. The molecule has 0 saturated carbocycles. The highest BCUT2D eigenvalue weighted by Crippen LogP contribution is 2.28. The molecule has 32 heavy (non-hydrogen) atoms. The third-order valence-corrected chi connectivity index (χ3v) is 4.87. The minimum Gasteiger partial charge on any atom is -0.366 e. The van der Waals surface area contributed by atoms with E-state index in [4.69, 9.17) is 15.7 Å². The summed E-state index contributed by atoms with van der Waals surface area (Å²) in [5.41, 5.74) is 9.34. The number of carbonyl (C=O) groups excluding carboxylic acids is 2. The minimum atomic E-state index is -0.490. The normalized spacial score (nSPS) is 11.0. The predicted molar refractivity (Wildman–Crippen MR) is 124 cm³/mol. The van der Waals surface area contributed by atoms with E-state index in [9.17, 15) is 9.59 Å². The Labute approximate surface area is 184 Å². The topological polar surface area (TPSA) is 128 Å². The van der Waals surface area contributed by atoms with Crippen molar-refractivity contribution in [2.24, 2.45) is 5.73 Å². The Balaban J connectivity index is 1.77. The van der Waals surface area contributed by atoms with Gasteiger partial charge < -0.3 is 20.9 Å². The Morgan fingerprint density at radius 1 is 0.969 bits per heavy atom. The van der Waals surface area contributed by atoms with Gasteiger partial charge in [0.1, 0.15) is 0 Å². The van der Waals surface area contributed by atoms with Crippen LogP contribution in [0.2, 0.25) is 0 Å². The molecule has 0 saturated heterocycles. The van der Waals surface area contributed by atoms with Crippen molar-refractivity contribution in [1.29, 1.82) is 0 Å². The minimum absolute atomic E-state index is 0.130. The van der Waals surface area contributed by atoms with E-state index < -0.39 is 5.91 Å². The Bertz CT molecular complexity index is 1290. The van der Waals surface area contributed by atoms with Crippen molar-refractivity contribution in [3.8, 4) is 11.4 Å². The molecule has 0 bridgehead atoms. The van der Waals surface area contributed by atoms with Crippen molar-refractivity contribution in [2.45, 2.75) is 26.8 Å². The SMILES string of the molecule is CC(=O)Nc1ccc(Nc2nc(-c3ccc(C(N)=O)cc3)nc3c2ncn3C(C)C)cc1. The molecule has 0 aliphatic rings. The van der Waals surface area contributed by atoms with E-state index in [1.807, 2.05) is 16.7 Å². The van der Waals surface area contributed by atoms with Gasteiger partial charge in [-0.3, -0.25) is 9.59 Å². The summed E-state index contributed by atoms with van der Waals surface area (Å²) in [6.07, 6.45) is 1.75. The molecule has 4 N–H and O–H groups in total. The highest BCUT2D eigenvalue weighted by atomic mass is 16.1. The first kappa shape index (κ1) is 21.0. The van der Waals surface area contributed by atoms with E-state index in [0.717, 1.165) is 11.3 Å². The van der Waals surface area contributed by atoms with E-state index in [0.29, 0.717) is 34.1 Å². The Kier molecular flexibility index (Phi) is 5.55. The summed E-state index contributed by atoms with van der Waals surface area (Å²) >= 11 is 0. The molecule has 4 aromatic rings. The van der Waals surface area contributed by atoms with Crippen LogP contribution in [0.25, 0.3) is 22.6 Å². The molecule has 2 aromatic carbocycles. The van der Waals surface area contributed by atoms with Crippen LogP contribution in [0.15, 0.2) is 54.9 Å². The lowest BCUT2D eigenvalue weighted by Gasteiger charge is -2.12. The number of carbonyl (C=O) groups is 2. The molecule has 9 heteroatoms. The van der Waals surface area contributed by atoms with Gasteiger partial charge in [0.2, 0.25) is 11.8 Å². The molecule has 0 spiro atoms. The molecule has 0 atom stereocenters. The second-order valence-electron chi connectivity index (χ2n) is 7.64. The lowest BCUT2D eigenvalue weighted by Crippen LogP contribution is -2.10. The standard InChI is InChI=1S/C23H23N7O2/c1-13(2)30-12-25-19-22(27-18-10-8-17(9-11-18)26-14(3)31)28-21(29-23(19)30)16-6-4-15(5-7-16)20(24)32/h4-13H,1-3H3,(H2,24,32)(H,26,31)(H,27,28,29). The molecular formula is C23H23N7O2. The summed E-state index contributed by atoms with van der Waals surface area (Å²) in [6.45, 7) is 5.57. The number of aromatic nitrogens is 4. The fraction of sp³-hybridized carbons (Fsp3) is 0.174. The number of imidazole rings is 1. The number of nitrogens with zero attached hydrogens (tertiary/aromatic N) is 4. The van der Waals surface area contributed by atoms with Crippen LogP contribution in [-0.4, -0.2) is 31.3 Å². The number of amides is 2. The maximum Gasteiger partial charge on any atom is 0.248 e. The van der Waals surface area contributed by atoms with Crippen LogP contribution in [0.1, 0.15) is 37.2 Å². The third-order valence-electron chi connectivity index (χ3n) is 4.87. The van der Waals surface area contributed by atoms with Gasteiger partial charge in [-0.05, 0) is 50.2 Å². The second-order valence-corrected chi connectivity index (χ2v) is 7.64. The van der Waals surface area contributed by atoms with Crippen molar-refractivity contribution < 1.29 is 9.59 Å². The van der Waals surface area contributed by atoms with Crippen molar-refractivity contribution in [1.82, 2.24) is 19.5 Å². The lowest BCUT2D eigenvalue weighted by molar-refractivity contribution is -0.114. The van der Waals surface area contributed by atoms with Gasteiger partial charge in [-0.25, -0.2) is 15.0 Å². The van der Waals surface area contributed by atoms with Crippen molar-refractivity contribution in [3.63, 3.8) is 0 Å². The zero-order valence-electron chi connectivity index (χ0n) is 18.0. The van der Waals surface area contributed by atoms with Crippen LogP contribution in [0.3, 0.4) is 0 Å². The van der Waals surface area contributed by atoms with Crippen molar-refractivity contribution >= 4 is 40.2 Å². The number of nitrogens with two attached hydrogens (primary N) is 1. The van der Waals surface area contributed by atoms with E-state index >= 15 is 0 Å². The molecule has 0 aliphatic heterocycles. The van der Waals surface area contributed by atoms with Gasteiger partial charge in [-0.15, -0.1) is 0 Å². The second kappa shape index (κ2) is 8.46. The summed E-state index contributed by atoms with van der Waals surface area (Å²) in [7, 11) is 0. The molecule has 2 amide bonds. The van der Waals surface area contributed by atoms with Gasteiger partial charge in [0.25, 0.3) is 0 Å². The summed E-state index contributed by atoms with van der Waals surface area (Å²) in [6, 6.07) is 14.3. The maximum absolute atomic E-state index is 11.4. The summed E-state index contributed by atoms with van der Waals surface area (Å²) in [5, 5.41) is 6.05. The quantitative estimate of drug-likeness (QED) is 0.427. The number of fused-ring (bicyclic) bond motifs is 1. The summed E-state index contributed by atoms with van der Waals surface area (Å²) in [5.74, 6) is 0.425. The van der Waals surface area contributed by atoms with Crippen LogP contribution >= 0.6 is 0 Å². The average Bonchev–Trinajstić information content (AvgIpc) is 3.19. The van der Waals surface area contributed by atoms with Crippen LogP contribution in [0.4, 0.5) is 17.2 Å². The van der Waals surface area contributed by atoms with Crippen LogP contribution in [0.5, 0.6) is 0 Å². The predicted octanol–water partition coefficient (Wildman–Crippen LogP) is 3.88. The van der Waals surface area contributed by atoms with E-state index in [2.05, 4.69) is 29.5 Å². The maximum atomic E-state index is 11.4. The first-order chi connectivity index (χ1) is 15.3. The fourth-order valence-corrected chi connectivity index (χ4v) is 3.27. The van der Waals surface area contributed by atoms with Crippen molar-refractivity contribution in [3.05, 3.63) is 60.4 Å². The van der Waals surface area contributed by atoms with Gasteiger partial charge in [-0.2, -0.15) is 0 Å². The van der Waals surface area contributed by atoms with Gasteiger partial charge in [0, 0.05) is 35.5 Å². The number of primary amides is 1. The Morgan fingerprint density at radius 3 is 2.22 bits per heavy atom. The number of anilines is 3. The molecule has 0 unspecified atom stereocenters. The van der Waals surface area contributed by atoms with E-state index in [-0.39, 0.29) is 11.9 Å². The smallest absolute Gasteiger partial charge is 0.248 e. The number of rotatable bonds is 6. The molecular weight excluding hydrogens is 406 g/mol. The van der Waals surface area contributed by atoms with Gasteiger partial charge in [0.05, 0.1) is 6.33 Å². The molecule has 0 fully saturated rings. The van der Waals surface area contributed by atoms with Crippen molar-refractivity contribution in [2.75, 3.05) is 10.6 Å². The Morgan fingerprint density at radius 2 is 1.62 bits per heavy atom. The summed E-state index contributed by atoms with van der Waals surface area (Å²) in [4.78, 5) is 36.6. The van der Waals surface area contributed by atoms with Gasteiger partial charge in [0.15, 0.2) is 22.8 Å². The molecule has 4 rings (SSSR count). The molecule has 0 radical (unpaired) electrons. The molecule has 0 aliphatic carbocycles. The monoisotopic (exact) mass is 429 g/mol. The fourth-order valence-electron chi connectivity index (χ4n) is 3.27. The van der Waals surface area contributed by atoms with Crippen LogP contribution in [-0.2, 0) is 4.79 Å². The van der Waals surface area contributed by atoms with E-state index in [1.165, 1.54) is 6.92 Å². The van der Waals surface area contributed by atoms with E-state index in [1.54, 1.807) is 42.7 Å². The lowest BCUT2D eigenvalue weighted by atomic mass is 10.1. The average molecular weight is 429 g/mol. The highest BCUT2D eigenvalue weighted by Gasteiger charge is 2.16. The molecule has 2 aromatic heterocycles.